The molecular formula is C28H26N6O4. The summed E-state index contributed by atoms with van der Waals surface area (Å²) in [6.07, 6.45) is 6.13. The number of hydrogen-bond donors (Lipinski definition) is 4. The van der Waals surface area contributed by atoms with Crippen LogP contribution >= 0.6 is 0 Å². The molecule has 3 amide bonds. The third kappa shape index (κ3) is 5.39. The lowest BCUT2D eigenvalue weighted by atomic mass is 9.89. The predicted molar refractivity (Wildman–Crippen MR) is 142 cm³/mol. The molecule has 0 saturated heterocycles. The topological polar surface area (TPSA) is 140 Å². The zero-order valence-electron chi connectivity index (χ0n) is 20.7. The molecule has 5 rings (SSSR count). The summed E-state index contributed by atoms with van der Waals surface area (Å²) in [5.41, 5.74) is 4.48. The van der Waals surface area contributed by atoms with Crippen LogP contribution in [0.4, 0.5) is 16.2 Å². The maximum atomic E-state index is 13.7. The first-order valence-corrected chi connectivity index (χ1v) is 12.2. The fourth-order valence-corrected chi connectivity index (χ4v) is 4.58. The van der Waals surface area contributed by atoms with Crippen molar-refractivity contribution in [1.82, 2.24) is 19.9 Å². The second kappa shape index (κ2) is 10.6. The van der Waals surface area contributed by atoms with Crippen molar-refractivity contribution < 1.29 is 14.4 Å². The zero-order valence-corrected chi connectivity index (χ0v) is 20.7. The van der Waals surface area contributed by atoms with Crippen molar-refractivity contribution in [3.05, 3.63) is 112 Å². The van der Waals surface area contributed by atoms with Crippen LogP contribution in [0.25, 0.3) is 0 Å². The average molecular weight is 511 g/mol. The van der Waals surface area contributed by atoms with Gasteiger partial charge in [-0.3, -0.25) is 14.4 Å². The van der Waals surface area contributed by atoms with Crippen LogP contribution in [0.15, 0.2) is 78.1 Å². The molecule has 0 spiro atoms. The van der Waals surface area contributed by atoms with Crippen molar-refractivity contribution in [3.63, 3.8) is 0 Å². The molecule has 0 saturated carbocycles. The number of fused-ring (bicyclic) bond motifs is 1. The van der Waals surface area contributed by atoms with Crippen LogP contribution in [0, 0.1) is 0 Å². The normalized spacial score (nSPS) is 14.6. The fourth-order valence-electron chi connectivity index (χ4n) is 4.58. The molecule has 0 fully saturated rings. The number of carbonyl (C=O) groups excluding carboxylic acids is 3. The standard InChI is InChI=1S/C28H26N6O4/c1-17(35)18-2-6-21(7-3-18)32-28(38)33-22-8-4-19-12-25(20-5-9-26(36)30-14-20)34(27(37)24(19)13-22)11-10-23-15-29-16-31-23/h2-9,13-16,25H,10-12H2,1H3,(H,29,31)(H,30,36)(H2,32,33,38). The molecule has 10 heteroatoms. The number of aromatic amines is 2. The van der Waals surface area contributed by atoms with E-state index in [4.69, 9.17) is 0 Å². The Morgan fingerprint density at radius 1 is 1.00 bits per heavy atom. The van der Waals surface area contributed by atoms with Gasteiger partial charge in [0.05, 0.1) is 12.4 Å². The Kier molecular flexibility index (Phi) is 6.86. The summed E-state index contributed by atoms with van der Waals surface area (Å²) in [6, 6.07) is 14.4. The molecule has 0 aliphatic carbocycles. The largest absolute Gasteiger partial charge is 0.348 e. The van der Waals surface area contributed by atoms with E-state index in [0.29, 0.717) is 41.9 Å². The van der Waals surface area contributed by atoms with Gasteiger partial charge in [0, 0.05) is 59.6 Å². The van der Waals surface area contributed by atoms with Crippen molar-refractivity contribution in [2.75, 3.05) is 17.2 Å². The van der Waals surface area contributed by atoms with Gasteiger partial charge in [0.1, 0.15) is 0 Å². The number of Topliss-reactive ketones (excluding diaryl/α,β-unsaturated/α-hetero) is 1. The number of amides is 3. The van der Waals surface area contributed by atoms with E-state index in [9.17, 15) is 19.2 Å². The minimum atomic E-state index is -0.467. The monoisotopic (exact) mass is 510 g/mol. The van der Waals surface area contributed by atoms with Crippen molar-refractivity contribution in [3.8, 4) is 0 Å². The van der Waals surface area contributed by atoms with Crippen LogP contribution in [0.1, 0.15) is 50.5 Å². The molecule has 1 atom stereocenters. The highest BCUT2D eigenvalue weighted by molar-refractivity contribution is 6.03. The van der Waals surface area contributed by atoms with Gasteiger partial charge in [0.15, 0.2) is 5.78 Å². The molecule has 4 N–H and O–H groups in total. The first kappa shape index (κ1) is 24.7. The van der Waals surface area contributed by atoms with Crippen LogP contribution in [-0.4, -0.2) is 44.1 Å². The van der Waals surface area contributed by atoms with E-state index in [0.717, 1.165) is 16.8 Å². The molecule has 10 nitrogen and oxygen atoms in total. The third-order valence-electron chi connectivity index (χ3n) is 6.57. The second-order valence-corrected chi connectivity index (χ2v) is 9.12. The van der Waals surface area contributed by atoms with Gasteiger partial charge < -0.3 is 25.5 Å². The number of nitrogens with zero attached hydrogens (tertiary/aromatic N) is 2. The smallest absolute Gasteiger partial charge is 0.323 e. The molecule has 192 valence electrons. The molecule has 4 aromatic rings. The number of pyridine rings is 1. The Hall–Kier alpha value is -4.99. The quantitative estimate of drug-likeness (QED) is 0.279. The van der Waals surface area contributed by atoms with Gasteiger partial charge in [0.25, 0.3) is 5.91 Å². The third-order valence-corrected chi connectivity index (χ3v) is 6.57. The summed E-state index contributed by atoms with van der Waals surface area (Å²) in [6.45, 7) is 1.92. The molecule has 2 aromatic carbocycles. The van der Waals surface area contributed by atoms with Crippen molar-refractivity contribution in [2.45, 2.75) is 25.8 Å². The summed E-state index contributed by atoms with van der Waals surface area (Å²) < 4.78 is 0. The van der Waals surface area contributed by atoms with Gasteiger partial charge in [-0.15, -0.1) is 0 Å². The number of aromatic nitrogens is 3. The predicted octanol–water partition coefficient (Wildman–Crippen LogP) is 3.93. The lowest BCUT2D eigenvalue weighted by Gasteiger charge is -2.37. The van der Waals surface area contributed by atoms with Gasteiger partial charge in [-0.1, -0.05) is 12.1 Å². The first-order valence-electron chi connectivity index (χ1n) is 12.2. The number of rotatable bonds is 7. The molecule has 0 radical (unpaired) electrons. The van der Waals surface area contributed by atoms with Gasteiger partial charge in [-0.05, 0) is 60.9 Å². The van der Waals surface area contributed by atoms with Crippen molar-refractivity contribution >= 4 is 29.1 Å². The summed E-state index contributed by atoms with van der Waals surface area (Å²) >= 11 is 0. The van der Waals surface area contributed by atoms with E-state index in [1.807, 2.05) is 6.07 Å². The highest BCUT2D eigenvalue weighted by Crippen LogP contribution is 2.34. The van der Waals surface area contributed by atoms with E-state index in [1.165, 1.54) is 13.0 Å². The Labute approximate surface area is 218 Å². The maximum absolute atomic E-state index is 13.7. The van der Waals surface area contributed by atoms with Gasteiger partial charge >= 0.3 is 6.03 Å². The van der Waals surface area contributed by atoms with E-state index in [2.05, 4.69) is 25.6 Å². The van der Waals surface area contributed by atoms with Gasteiger partial charge in [-0.25, -0.2) is 9.78 Å². The molecule has 0 bridgehead atoms. The minimum Gasteiger partial charge on any atom is -0.348 e. The van der Waals surface area contributed by atoms with E-state index in [1.54, 1.807) is 66.1 Å². The van der Waals surface area contributed by atoms with Gasteiger partial charge in [-0.2, -0.15) is 0 Å². The van der Waals surface area contributed by atoms with Crippen molar-refractivity contribution in [1.29, 1.82) is 0 Å². The van der Waals surface area contributed by atoms with Crippen LogP contribution in [0.2, 0.25) is 0 Å². The molecule has 1 unspecified atom stereocenters. The number of imidazole rings is 1. The van der Waals surface area contributed by atoms with Crippen LogP contribution in [-0.2, 0) is 12.8 Å². The van der Waals surface area contributed by atoms with Crippen LogP contribution in [0.5, 0.6) is 0 Å². The number of hydrogen-bond acceptors (Lipinski definition) is 5. The zero-order chi connectivity index (χ0) is 26.6. The number of anilines is 2. The highest BCUT2D eigenvalue weighted by Gasteiger charge is 2.33. The lowest BCUT2D eigenvalue weighted by Crippen LogP contribution is -2.41. The van der Waals surface area contributed by atoms with E-state index in [-0.39, 0.29) is 23.3 Å². The Morgan fingerprint density at radius 3 is 2.45 bits per heavy atom. The Morgan fingerprint density at radius 2 is 1.76 bits per heavy atom. The number of benzene rings is 2. The first-order chi connectivity index (χ1) is 18.4. The summed E-state index contributed by atoms with van der Waals surface area (Å²) in [7, 11) is 0. The average Bonchev–Trinajstić information content (AvgIpc) is 3.43. The summed E-state index contributed by atoms with van der Waals surface area (Å²) in [5.74, 6) is -0.216. The second-order valence-electron chi connectivity index (χ2n) is 9.12. The Balaban J connectivity index is 1.36. The van der Waals surface area contributed by atoms with Crippen LogP contribution < -0.4 is 16.2 Å². The van der Waals surface area contributed by atoms with Crippen LogP contribution in [0.3, 0.4) is 0 Å². The number of H-pyrrole nitrogens is 2. The summed E-state index contributed by atoms with van der Waals surface area (Å²) in [4.78, 5) is 61.0. The number of nitrogens with one attached hydrogen (secondary N) is 4. The van der Waals surface area contributed by atoms with E-state index >= 15 is 0 Å². The highest BCUT2D eigenvalue weighted by atomic mass is 16.2. The molecule has 1 aliphatic heterocycles. The number of urea groups is 1. The molecule has 2 aromatic heterocycles. The van der Waals surface area contributed by atoms with E-state index < -0.39 is 6.03 Å². The minimum absolute atomic E-state index is 0.0545. The number of carbonyl (C=O) groups is 3. The SMILES string of the molecule is CC(=O)c1ccc(NC(=O)Nc2ccc3c(c2)C(=O)N(CCc2cnc[nH]2)C(c2ccc(=O)[nH]c2)C3)cc1. The summed E-state index contributed by atoms with van der Waals surface area (Å²) in [5, 5.41) is 5.51. The Bertz CT molecular complexity index is 1520. The number of ketones is 1. The molecule has 1 aliphatic rings. The fraction of sp³-hybridized carbons (Fsp3) is 0.179. The molecule has 3 heterocycles. The maximum Gasteiger partial charge on any atom is 0.323 e. The van der Waals surface area contributed by atoms with Crippen molar-refractivity contribution in [2.24, 2.45) is 0 Å². The molecular weight excluding hydrogens is 484 g/mol. The lowest BCUT2D eigenvalue weighted by molar-refractivity contribution is 0.0649. The molecule has 38 heavy (non-hydrogen) atoms. The van der Waals surface area contributed by atoms with Gasteiger partial charge in [0.2, 0.25) is 5.56 Å².